The van der Waals surface area contributed by atoms with Crippen LogP contribution >= 0.6 is 22.9 Å². The van der Waals surface area contributed by atoms with Gasteiger partial charge in [0, 0.05) is 13.1 Å². The Balaban J connectivity index is 1.81. The third kappa shape index (κ3) is 2.18. The van der Waals surface area contributed by atoms with E-state index >= 15 is 0 Å². The molecule has 6 heteroatoms. The van der Waals surface area contributed by atoms with E-state index in [1.165, 1.54) is 5.56 Å². The number of rotatable bonds is 2. The van der Waals surface area contributed by atoms with E-state index in [0.717, 1.165) is 34.6 Å². The summed E-state index contributed by atoms with van der Waals surface area (Å²) in [5, 5.41) is 15.0. The molecule has 0 amide bonds. The van der Waals surface area contributed by atoms with Crippen LogP contribution in [0.1, 0.15) is 17.4 Å². The Kier molecular flexibility index (Phi) is 3.25. The molecule has 106 valence electrons. The van der Waals surface area contributed by atoms with Gasteiger partial charge in [0.2, 0.25) is 0 Å². The smallest absolute Gasteiger partial charge is 0.175 e. The Hall–Kier alpha value is -1.69. The van der Waals surface area contributed by atoms with Crippen LogP contribution in [0.4, 0.5) is 0 Å². The molecule has 0 saturated heterocycles. The van der Waals surface area contributed by atoms with Crippen molar-refractivity contribution in [2.24, 2.45) is 0 Å². The van der Waals surface area contributed by atoms with Crippen LogP contribution in [-0.4, -0.2) is 21.3 Å². The highest BCUT2D eigenvalue weighted by atomic mass is 35.5. The summed E-state index contributed by atoms with van der Waals surface area (Å²) in [6.07, 6.45) is 0. The highest BCUT2D eigenvalue weighted by Gasteiger charge is 2.27. The fourth-order valence-corrected chi connectivity index (χ4v) is 3.83. The third-order valence-electron chi connectivity index (χ3n) is 3.67. The van der Waals surface area contributed by atoms with Crippen LogP contribution in [0.2, 0.25) is 5.02 Å². The predicted octanol–water partition coefficient (Wildman–Crippen LogP) is 3.35. The SMILES string of the molecule is Clc1ccsc1-c1nnc2n1CCNC2c1ccccc1. The third-order valence-corrected chi connectivity index (χ3v) is 5.01. The van der Waals surface area contributed by atoms with Gasteiger partial charge in [-0.1, -0.05) is 41.9 Å². The summed E-state index contributed by atoms with van der Waals surface area (Å²) in [6, 6.07) is 12.3. The molecule has 1 aromatic carbocycles. The summed E-state index contributed by atoms with van der Waals surface area (Å²) >= 11 is 7.84. The molecule has 4 rings (SSSR count). The number of hydrogen-bond acceptors (Lipinski definition) is 4. The zero-order valence-corrected chi connectivity index (χ0v) is 12.7. The Morgan fingerprint density at radius 2 is 2.05 bits per heavy atom. The first kappa shape index (κ1) is 13.0. The molecule has 0 spiro atoms. The molecule has 2 aromatic heterocycles. The molecule has 21 heavy (non-hydrogen) atoms. The summed E-state index contributed by atoms with van der Waals surface area (Å²) in [5.74, 6) is 1.82. The first-order valence-electron chi connectivity index (χ1n) is 6.79. The molecule has 0 fully saturated rings. The predicted molar refractivity (Wildman–Crippen MR) is 84.6 cm³/mol. The number of hydrogen-bond donors (Lipinski definition) is 1. The number of thiophene rings is 1. The number of nitrogens with one attached hydrogen (secondary N) is 1. The molecule has 0 aliphatic carbocycles. The fourth-order valence-electron chi connectivity index (χ4n) is 2.69. The monoisotopic (exact) mass is 316 g/mol. The Bertz CT molecular complexity index is 765. The van der Waals surface area contributed by atoms with Crippen LogP contribution < -0.4 is 5.32 Å². The molecule has 0 bridgehead atoms. The molecule has 0 saturated carbocycles. The fraction of sp³-hybridized carbons (Fsp3) is 0.200. The zero-order valence-electron chi connectivity index (χ0n) is 11.2. The maximum absolute atomic E-state index is 6.24. The lowest BCUT2D eigenvalue weighted by atomic mass is 10.1. The van der Waals surface area contributed by atoms with Gasteiger partial charge in [0.1, 0.15) is 0 Å². The van der Waals surface area contributed by atoms with E-state index in [-0.39, 0.29) is 6.04 Å². The first-order chi connectivity index (χ1) is 10.3. The lowest BCUT2D eigenvalue weighted by molar-refractivity contribution is 0.458. The number of fused-ring (bicyclic) bond motifs is 1. The van der Waals surface area contributed by atoms with Crippen molar-refractivity contribution in [2.75, 3.05) is 6.54 Å². The van der Waals surface area contributed by atoms with Crippen molar-refractivity contribution in [1.82, 2.24) is 20.1 Å². The standard InChI is InChI=1S/C15H13ClN4S/c16-11-6-9-21-13(11)15-19-18-14-12(17-7-8-20(14)15)10-4-2-1-3-5-10/h1-6,9,12,17H,7-8H2. The second kappa shape index (κ2) is 5.26. The first-order valence-corrected chi connectivity index (χ1v) is 8.05. The van der Waals surface area contributed by atoms with Gasteiger partial charge in [-0.3, -0.25) is 0 Å². The van der Waals surface area contributed by atoms with Gasteiger partial charge in [-0.05, 0) is 17.0 Å². The Morgan fingerprint density at radius 1 is 1.19 bits per heavy atom. The lowest BCUT2D eigenvalue weighted by Crippen LogP contribution is -2.34. The van der Waals surface area contributed by atoms with Crippen molar-refractivity contribution in [3.05, 3.63) is 58.2 Å². The summed E-state index contributed by atoms with van der Waals surface area (Å²) in [7, 11) is 0. The van der Waals surface area contributed by atoms with E-state index in [1.54, 1.807) is 11.3 Å². The van der Waals surface area contributed by atoms with E-state index < -0.39 is 0 Å². The van der Waals surface area contributed by atoms with Gasteiger partial charge in [0.05, 0.1) is 15.9 Å². The minimum atomic E-state index is 0.0833. The van der Waals surface area contributed by atoms with Gasteiger partial charge in [0.25, 0.3) is 0 Å². The number of benzene rings is 1. The molecular weight excluding hydrogens is 304 g/mol. The van der Waals surface area contributed by atoms with E-state index in [0.29, 0.717) is 0 Å². The van der Waals surface area contributed by atoms with E-state index in [2.05, 4.69) is 32.2 Å². The van der Waals surface area contributed by atoms with Gasteiger partial charge in [-0.15, -0.1) is 21.5 Å². The number of halogens is 1. The second-order valence-corrected chi connectivity index (χ2v) is 6.25. The molecule has 0 radical (unpaired) electrons. The van der Waals surface area contributed by atoms with Crippen molar-refractivity contribution < 1.29 is 0 Å². The van der Waals surface area contributed by atoms with Gasteiger partial charge in [-0.2, -0.15) is 0 Å². The average molecular weight is 317 g/mol. The van der Waals surface area contributed by atoms with Crippen molar-refractivity contribution in [1.29, 1.82) is 0 Å². The average Bonchev–Trinajstić information content (AvgIpc) is 3.13. The topological polar surface area (TPSA) is 42.7 Å². The summed E-state index contributed by atoms with van der Waals surface area (Å²) < 4.78 is 2.17. The van der Waals surface area contributed by atoms with Crippen LogP contribution in [0.25, 0.3) is 10.7 Å². The maximum Gasteiger partial charge on any atom is 0.175 e. The van der Waals surface area contributed by atoms with Crippen LogP contribution in [-0.2, 0) is 6.54 Å². The molecule has 1 unspecified atom stereocenters. The van der Waals surface area contributed by atoms with E-state index in [1.807, 2.05) is 29.6 Å². The van der Waals surface area contributed by atoms with Crippen LogP contribution in [0.5, 0.6) is 0 Å². The maximum atomic E-state index is 6.24. The van der Waals surface area contributed by atoms with Gasteiger partial charge >= 0.3 is 0 Å². The lowest BCUT2D eigenvalue weighted by Gasteiger charge is -2.25. The number of aromatic nitrogens is 3. The largest absolute Gasteiger partial charge is 0.307 e. The number of nitrogens with zero attached hydrogens (tertiary/aromatic N) is 3. The molecule has 1 atom stereocenters. The van der Waals surface area contributed by atoms with E-state index in [9.17, 15) is 0 Å². The molecule has 3 aromatic rings. The van der Waals surface area contributed by atoms with Crippen molar-refractivity contribution >= 4 is 22.9 Å². The minimum absolute atomic E-state index is 0.0833. The van der Waals surface area contributed by atoms with Crippen LogP contribution in [0, 0.1) is 0 Å². The zero-order chi connectivity index (χ0) is 14.2. The Labute approximate surface area is 131 Å². The van der Waals surface area contributed by atoms with Crippen LogP contribution in [0.15, 0.2) is 41.8 Å². The Morgan fingerprint density at radius 3 is 2.81 bits per heavy atom. The van der Waals surface area contributed by atoms with E-state index in [4.69, 9.17) is 11.6 Å². The summed E-state index contributed by atoms with van der Waals surface area (Å²) in [4.78, 5) is 0.990. The highest BCUT2D eigenvalue weighted by Crippen LogP contribution is 2.34. The minimum Gasteiger partial charge on any atom is -0.307 e. The van der Waals surface area contributed by atoms with Gasteiger partial charge in [0.15, 0.2) is 11.6 Å². The normalized spacial score (nSPS) is 17.7. The molecule has 3 heterocycles. The quantitative estimate of drug-likeness (QED) is 0.788. The highest BCUT2D eigenvalue weighted by molar-refractivity contribution is 7.14. The molecule has 4 nitrogen and oxygen atoms in total. The van der Waals surface area contributed by atoms with Crippen molar-refractivity contribution in [2.45, 2.75) is 12.6 Å². The molecule has 1 aliphatic heterocycles. The second-order valence-electron chi connectivity index (χ2n) is 4.93. The van der Waals surface area contributed by atoms with Crippen molar-refractivity contribution in [3.63, 3.8) is 0 Å². The summed E-state index contributed by atoms with van der Waals surface area (Å²) in [5.41, 5.74) is 1.20. The summed E-state index contributed by atoms with van der Waals surface area (Å²) in [6.45, 7) is 1.75. The molecular formula is C15H13ClN4S. The molecule has 1 aliphatic rings. The van der Waals surface area contributed by atoms with Gasteiger partial charge < -0.3 is 9.88 Å². The van der Waals surface area contributed by atoms with Crippen LogP contribution in [0.3, 0.4) is 0 Å². The van der Waals surface area contributed by atoms with Crippen molar-refractivity contribution in [3.8, 4) is 10.7 Å². The molecule has 1 N–H and O–H groups in total. The van der Waals surface area contributed by atoms with Gasteiger partial charge in [-0.25, -0.2) is 0 Å².